The lowest BCUT2D eigenvalue weighted by Crippen LogP contribution is -2.56. The van der Waals surface area contributed by atoms with Gasteiger partial charge in [-0.2, -0.15) is 0 Å². The molecule has 5 nitrogen and oxygen atoms in total. The summed E-state index contributed by atoms with van der Waals surface area (Å²) < 4.78 is 5.34. The van der Waals surface area contributed by atoms with E-state index in [2.05, 4.69) is 11.9 Å². The molecule has 0 saturated heterocycles. The summed E-state index contributed by atoms with van der Waals surface area (Å²) in [6.07, 6.45) is 1.04. The highest BCUT2D eigenvalue weighted by Gasteiger charge is 2.70. The maximum atomic E-state index is 12.2. The van der Waals surface area contributed by atoms with Gasteiger partial charge in [0.1, 0.15) is 5.60 Å². The second kappa shape index (κ2) is 4.24. The predicted octanol–water partition coefficient (Wildman–Crippen LogP) is 3.10. The van der Waals surface area contributed by atoms with Crippen molar-refractivity contribution < 1.29 is 19.4 Å². The van der Waals surface area contributed by atoms with Crippen LogP contribution in [-0.4, -0.2) is 28.3 Å². The molecular weight excluding hydrogens is 270 g/mol. The van der Waals surface area contributed by atoms with Crippen molar-refractivity contribution in [3.8, 4) is 0 Å². The first-order valence-corrected chi connectivity index (χ1v) is 7.31. The average molecular weight is 295 g/mol. The second-order valence-electron chi connectivity index (χ2n) is 7.88. The Bertz CT molecular complexity index is 517. The average Bonchev–Trinajstić information content (AvgIpc) is 2.73. The number of aliphatic carboxylic acids is 1. The first-order valence-electron chi connectivity index (χ1n) is 7.31. The van der Waals surface area contributed by atoms with Crippen LogP contribution in [-0.2, 0) is 9.53 Å². The minimum atomic E-state index is -0.918. The Morgan fingerprint density at radius 2 is 1.86 bits per heavy atom. The molecule has 2 atom stereocenters. The Hall–Kier alpha value is -1.52. The number of carbonyl (C=O) groups excluding carboxylic acids is 1. The summed E-state index contributed by atoms with van der Waals surface area (Å²) >= 11 is 0. The van der Waals surface area contributed by atoms with Gasteiger partial charge in [-0.25, -0.2) is 4.79 Å². The first-order chi connectivity index (χ1) is 9.36. The lowest BCUT2D eigenvalue weighted by molar-refractivity contribution is -0.146. The van der Waals surface area contributed by atoms with Crippen molar-refractivity contribution in [1.29, 1.82) is 0 Å². The van der Waals surface area contributed by atoms with Gasteiger partial charge in [0.2, 0.25) is 0 Å². The molecule has 2 saturated carbocycles. The molecule has 0 heterocycles. The predicted molar refractivity (Wildman–Crippen MR) is 78.9 cm³/mol. The molecule has 1 amide bonds. The van der Waals surface area contributed by atoms with E-state index in [1.165, 1.54) is 0 Å². The molecule has 0 aromatic heterocycles. The molecule has 0 aliphatic heterocycles. The fourth-order valence-corrected chi connectivity index (χ4v) is 3.87. The number of carboxylic acids is 1. The van der Waals surface area contributed by atoms with Gasteiger partial charge in [0.15, 0.2) is 0 Å². The third-order valence-corrected chi connectivity index (χ3v) is 5.26. The Morgan fingerprint density at radius 3 is 2.29 bits per heavy atom. The molecule has 2 fully saturated rings. The van der Waals surface area contributed by atoms with Crippen LogP contribution >= 0.6 is 0 Å². The summed E-state index contributed by atoms with van der Waals surface area (Å²) in [7, 11) is 0. The van der Waals surface area contributed by atoms with E-state index in [4.69, 9.17) is 4.74 Å². The number of fused-ring (bicyclic) bond motifs is 2. The number of nitrogens with one attached hydrogen (secondary N) is 1. The number of amides is 1. The lowest BCUT2D eigenvalue weighted by Gasteiger charge is -2.44. The quantitative estimate of drug-likeness (QED) is 0.768. The Labute approximate surface area is 125 Å². The van der Waals surface area contributed by atoms with Crippen molar-refractivity contribution in [2.45, 2.75) is 65.0 Å². The molecule has 2 unspecified atom stereocenters. The van der Waals surface area contributed by atoms with Crippen LogP contribution in [0.4, 0.5) is 4.79 Å². The zero-order valence-corrected chi connectivity index (χ0v) is 13.5. The molecule has 2 aliphatic rings. The van der Waals surface area contributed by atoms with Crippen molar-refractivity contribution >= 4 is 12.1 Å². The second-order valence-corrected chi connectivity index (χ2v) is 7.88. The van der Waals surface area contributed by atoms with Gasteiger partial charge in [0.05, 0.1) is 11.0 Å². The van der Waals surface area contributed by atoms with Crippen molar-refractivity contribution in [2.24, 2.45) is 10.8 Å². The molecule has 21 heavy (non-hydrogen) atoms. The number of rotatable bonds is 2. The highest BCUT2D eigenvalue weighted by Crippen LogP contribution is 2.67. The topological polar surface area (TPSA) is 75.6 Å². The molecule has 2 bridgehead atoms. The smallest absolute Gasteiger partial charge is 0.408 e. The van der Waals surface area contributed by atoms with Crippen LogP contribution in [0.25, 0.3) is 0 Å². The van der Waals surface area contributed by atoms with Gasteiger partial charge >= 0.3 is 12.1 Å². The number of ether oxygens (including phenoxy) is 1. The van der Waals surface area contributed by atoms with E-state index in [9.17, 15) is 14.7 Å². The summed E-state index contributed by atoms with van der Waals surface area (Å²) in [5, 5.41) is 12.6. The van der Waals surface area contributed by atoms with Crippen LogP contribution in [0.3, 0.4) is 0 Å². The van der Waals surface area contributed by atoms with E-state index < -0.39 is 34.0 Å². The SMILES string of the molecule is C=C1C2(C(=O)O)CCC(NC(=O)OC(C)(C)C)(C2)C1(C)C. The minimum Gasteiger partial charge on any atom is -0.481 e. The Kier molecular flexibility index (Phi) is 3.20. The maximum absolute atomic E-state index is 12.2. The molecule has 2 rings (SSSR count). The van der Waals surface area contributed by atoms with E-state index >= 15 is 0 Å². The van der Waals surface area contributed by atoms with Crippen LogP contribution in [0.2, 0.25) is 0 Å². The van der Waals surface area contributed by atoms with Crippen LogP contribution in [0.15, 0.2) is 12.2 Å². The van der Waals surface area contributed by atoms with Gasteiger partial charge in [-0.05, 0) is 40.0 Å². The zero-order valence-electron chi connectivity index (χ0n) is 13.5. The molecule has 0 aromatic rings. The molecular formula is C16H25NO4. The fourth-order valence-electron chi connectivity index (χ4n) is 3.87. The van der Waals surface area contributed by atoms with E-state index in [1.54, 1.807) is 20.8 Å². The molecule has 2 N–H and O–H groups in total. The van der Waals surface area contributed by atoms with Crippen LogP contribution in [0.1, 0.15) is 53.9 Å². The highest BCUT2D eigenvalue weighted by atomic mass is 16.6. The first kappa shape index (κ1) is 15.9. The standard InChI is InChI=1S/C16H25NO4/c1-10-14(5,6)16(17-12(20)21-13(2,3)4)8-7-15(10,9-16)11(18)19/h1,7-9H2,2-6H3,(H,17,20)(H,18,19). The fraction of sp³-hybridized carbons (Fsp3) is 0.750. The normalized spacial score (nSPS) is 33.9. The molecule has 0 radical (unpaired) electrons. The number of carboxylic acid groups (broad SMARTS) is 1. The van der Waals surface area contributed by atoms with Crippen molar-refractivity contribution in [2.75, 3.05) is 0 Å². The van der Waals surface area contributed by atoms with Gasteiger partial charge in [0.25, 0.3) is 0 Å². The van der Waals surface area contributed by atoms with Crippen molar-refractivity contribution in [3.05, 3.63) is 12.2 Å². The van der Waals surface area contributed by atoms with Gasteiger partial charge in [0, 0.05) is 5.41 Å². The molecule has 118 valence electrons. The third kappa shape index (κ3) is 2.14. The zero-order chi connectivity index (χ0) is 16.3. The lowest BCUT2D eigenvalue weighted by atomic mass is 9.65. The summed E-state index contributed by atoms with van der Waals surface area (Å²) in [6.45, 7) is 13.4. The van der Waals surface area contributed by atoms with Gasteiger partial charge in [-0.15, -0.1) is 0 Å². The summed E-state index contributed by atoms with van der Waals surface area (Å²) in [5.74, 6) is -0.842. The minimum absolute atomic E-state index is 0.389. The van der Waals surface area contributed by atoms with Crippen LogP contribution < -0.4 is 5.32 Å². The van der Waals surface area contributed by atoms with E-state index in [-0.39, 0.29) is 0 Å². The van der Waals surface area contributed by atoms with E-state index in [1.807, 2.05) is 13.8 Å². The van der Waals surface area contributed by atoms with Gasteiger partial charge < -0.3 is 15.2 Å². The summed E-state index contributed by atoms with van der Waals surface area (Å²) in [6, 6.07) is 0. The Morgan fingerprint density at radius 1 is 1.29 bits per heavy atom. The van der Waals surface area contributed by atoms with Gasteiger partial charge in [-0.1, -0.05) is 26.0 Å². The van der Waals surface area contributed by atoms with Crippen molar-refractivity contribution in [1.82, 2.24) is 5.32 Å². The Balaban J connectivity index is 2.29. The molecule has 2 aliphatic carbocycles. The largest absolute Gasteiger partial charge is 0.481 e. The molecule has 0 aromatic carbocycles. The number of hydrogen-bond acceptors (Lipinski definition) is 3. The van der Waals surface area contributed by atoms with Crippen LogP contribution in [0.5, 0.6) is 0 Å². The monoisotopic (exact) mass is 295 g/mol. The molecule has 0 spiro atoms. The van der Waals surface area contributed by atoms with Gasteiger partial charge in [-0.3, -0.25) is 4.79 Å². The number of hydrogen-bond donors (Lipinski definition) is 2. The maximum Gasteiger partial charge on any atom is 0.408 e. The summed E-state index contributed by atoms with van der Waals surface area (Å²) in [5.41, 5.74) is -1.86. The van der Waals surface area contributed by atoms with Crippen LogP contribution in [0, 0.1) is 10.8 Å². The van der Waals surface area contributed by atoms with E-state index in [0.717, 1.165) is 0 Å². The summed E-state index contributed by atoms with van der Waals surface area (Å²) in [4.78, 5) is 23.9. The number of alkyl carbamates (subject to hydrolysis) is 1. The van der Waals surface area contributed by atoms with Crippen molar-refractivity contribution in [3.63, 3.8) is 0 Å². The van der Waals surface area contributed by atoms with E-state index in [0.29, 0.717) is 24.8 Å². The number of carbonyl (C=O) groups is 2. The third-order valence-electron chi connectivity index (χ3n) is 5.26. The highest BCUT2D eigenvalue weighted by molar-refractivity contribution is 5.82. The molecule has 5 heteroatoms.